The maximum Gasteiger partial charge on any atom is 0.282 e. The van der Waals surface area contributed by atoms with Crippen molar-refractivity contribution in [3.8, 4) is 0 Å². The number of aromatic nitrogens is 2. The van der Waals surface area contributed by atoms with Crippen molar-refractivity contribution in [2.75, 3.05) is 55.6 Å². The first-order chi connectivity index (χ1) is 27.4. The van der Waals surface area contributed by atoms with E-state index in [1.807, 2.05) is 24.3 Å². The molecule has 0 atom stereocenters. The van der Waals surface area contributed by atoms with Crippen LogP contribution in [0.5, 0.6) is 0 Å². The van der Waals surface area contributed by atoms with Gasteiger partial charge in [0.25, 0.3) is 5.82 Å². The average molecular weight is 1030 g/mol. The molecule has 15 heteroatoms. The summed E-state index contributed by atoms with van der Waals surface area (Å²) in [6, 6.07) is 7.92. The number of primary amides is 1. The molecule has 4 rings (SSSR count). The molecule has 0 unspecified atom stereocenters. The number of unbranched alkanes of at least 4 members (excludes halogenated alkanes) is 6. The van der Waals surface area contributed by atoms with Crippen LogP contribution >= 0.6 is 46.4 Å². The molecule has 2 heterocycles. The van der Waals surface area contributed by atoms with Crippen LogP contribution in [0.25, 0.3) is 17.1 Å². The van der Waals surface area contributed by atoms with Gasteiger partial charge in [0, 0.05) is 50.7 Å². The lowest BCUT2D eigenvalue weighted by Crippen LogP contribution is -3.00. The predicted octanol–water partition coefficient (Wildman–Crippen LogP) is 4.54. The summed E-state index contributed by atoms with van der Waals surface area (Å²) in [6.45, 7) is 19.8. The van der Waals surface area contributed by atoms with Crippen molar-refractivity contribution >= 4 is 86.7 Å². The number of nitrogens with two attached hydrogens (primary N) is 1. The maximum absolute atomic E-state index is 12.5. The van der Waals surface area contributed by atoms with Crippen LogP contribution in [0.15, 0.2) is 42.2 Å². The lowest BCUT2D eigenvalue weighted by Gasteiger charge is -2.36. The Balaban J connectivity index is 0.00000600. The molecule has 9 nitrogen and oxygen atoms in total. The van der Waals surface area contributed by atoms with Gasteiger partial charge in [-0.1, -0.05) is 58.9 Å². The average Bonchev–Trinajstić information content (AvgIpc) is 3.63. The van der Waals surface area contributed by atoms with E-state index in [0.717, 1.165) is 112 Å². The first-order valence-electron chi connectivity index (χ1n) is 21.2. The highest BCUT2D eigenvalue weighted by atomic mass is 79.9. The van der Waals surface area contributed by atoms with Crippen LogP contribution in [0.4, 0.5) is 11.4 Å². The Labute approximate surface area is 394 Å². The molecule has 0 bridgehead atoms. The Morgan fingerprint density at radius 1 is 0.729 bits per heavy atom. The Hall–Kier alpha value is -1.99. The fourth-order valence-corrected chi connectivity index (χ4v) is 8.74. The molecule has 0 radical (unpaired) electrons. The third kappa shape index (κ3) is 14.3. The number of amides is 2. The van der Waals surface area contributed by atoms with Crippen molar-refractivity contribution in [3.63, 3.8) is 0 Å². The minimum Gasteiger partial charge on any atom is -1.00 e. The predicted molar refractivity (Wildman–Crippen MR) is 242 cm³/mol. The number of hydrogen-bond donors (Lipinski definition) is 2. The number of fused-ring (bicyclic) bond motifs is 2. The molecule has 330 valence electrons. The van der Waals surface area contributed by atoms with Crippen LogP contribution in [0, 0.1) is 0 Å². The van der Waals surface area contributed by atoms with Gasteiger partial charge < -0.3 is 59.3 Å². The molecule has 1 aliphatic rings. The van der Waals surface area contributed by atoms with Gasteiger partial charge in [0.15, 0.2) is 11.0 Å². The second-order valence-electron chi connectivity index (χ2n) is 15.1. The third-order valence-corrected chi connectivity index (χ3v) is 13.1. The largest absolute Gasteiger partial charge is 1.00 e. The van der Waals surface area contributed by atoms with E-state index < -0.39 is 0 Å². The van der Waals surface area contributed by atoms with Gasteiger partial charge in [0.1, 0.15) is 5.82 Å². The minimum atomic E-state index is -0.278. The molecule has 2 aromatic carbocycles. The summed E-state index contributed by atoms with van der Waals surface area (Å²) in [5.41, 5.74) is 9.42. The summed E-state index contributed by atoms with van der Waals surface area (Å²) in [5, 5.41) is 5.17. The van der Waals surface area contributed by atoms with E-state index in [9.17, 15) is 9.59 Å². The van der Waals surface area contributed by atoms with Crippen LogP contribution in [0.1, 0.15) is 111 Å². The molecule has 59 heavy (non-hydrogen) atoms. The Morgan fingerprint density at radius 2 is 1.32 bits per heavy atom. The van der Waals surface area contributed by atoms with Gasteiger partial charge >= 0.3 is 0 Å². The van der Waals surface area contributed by atoms with Crippen molar-refractivity contribution in [1.29, 1.82) is 0 Å². The fraction of sp³-hybridized carbons (Fsp3) is 0.568. The van der Waals surface area contributed by atoms with Gasteiger partial charge in [-0.25, -0.2) is 9.13 Å². The number of benzene rings is 2. The number of quaternary nitrogens is 1. The number of hydrogen-bond acceptors (Lipinski definition) is 4. The van der Waals surface area contributed by atoms with Crippen molar-refractivity contribution in [2.24, 2.45) is 5.73 Å². The molecule has 1 aromatic heterocycles. The summed E-state index contributed by atoms with van der Waals surface area (Å²) in [6.07, 6.45) is 15.9. The molecule has 3 aromatic rings. The van der Waals surface area contributed by atoms with E-state index >= 15 is 0 Å². The zero-order chi connectivity index (χ0) is 41.5. The topological polar surface area (TPSA) is 87.5 Å². The molecule has 0 fully saturated rings. The lowest BCUT2D eigenvalue weighted by atomic mass is 10.1. The normalized spacial score (nSPS) is 13.3. The number of aryl methyl sites for hydroxylation is 2. The highest BCUT2D eigenvalue weighted by Crippen LogP contribution is 2.45. The summed E-state index contributed by atoms with van der Waals surface area (Å²) in [4.78, 5) is 28.1. The minimum absolute atomic E-state index is 0. The van der Waals surface area contributed by atoms with Crippen molar-refractivity contribution in [1.82, 2.24) is 9.88 Å². The van der Waals surface area contributed by atoms with Crippen LogP contribution in [-0.4, -0.2) is 66.7 Å². The van der Waals surface area contributed by atoms with Crippen molar-refractivity contribution < 1.29 is 52.6 Å². The van der Waals surface area contributed by atoms with E-state index in [1.165, 1.54) is 37.1 Å². The highest BCUT2D eigenvalue weighted by molar-refractivity contribution is 6.43. The first-order valence-corrected chi connectivity index (χ1v) is 22.7. The second kappa shape index (κ2) is 26.5. The second-order valence-corrected chi connectivity index (χ2v) is 16.7. The zero-order valence-corrected chi connectivity index (χ0v) is 41.8. The Morgan fingerprint density at radius 3 is 1.95 bits per heavy atom. The SMILES string of the molecule is CCN1/C(=C/C=Cc2n(CC)c3cc(Cl)c(Cl)cc3[n+]2CCCCCC(=O)NCCCCCC(N)=O)N(CCCCC[N+](CC)(CC)CC)c2cc(Cl)c(Cl)cc21.[Br-].[Br-]. The van der Waals surface area contributed by atoms with Crippen LogP contribution in [0.2, 0.25) is 20.1 Å². The summed E-state index contributed by atoms with van der Waals surface area (Å²) in [7, 11) is 0. The van der Waals surface area contributed by atoms with E-state index in [0.29, 0.717) is 39.5 Å². The number of rotatable bonds is 25. The van der Waals surface area contributed by atoms with Crippen LogP contribution in [-0.2, 0) is 22.7 Å². The summed E-state index contributed by atoms with van der Waals surface area (Å²) in [5.74, 6) is 1.94. The molecule has 0 saturated heterocycles. The third-order valence-electron chi connectivity index (χ3n) is 11.7. The van der Waals surface area contributed by atoms with Crippen LogP contribution in [0.3, 0.4) is 0 Å². The fourth-order valence-electron chi connectivity index (χ4n) is 8.10. The number of imidazole rings is 1. The standard InChI is InChI=1S/C44H63Cl4N7O2.2BrH/c1-6-51-37-29-33(45)35(47)31-39(37)53(26-17-12-15-22-42(57)50-25-16-11-14-21-41(49)56)43(51)23-20-24-44-52(7-2)38-30-34(46)36(48)32-40(38)54(44)27-18-13-19-28-55(8-3,9-4)10-5;;/h20,23-24,29-32H,6-19,21-22,25-28H2,1-5H3,(H-2,49,50,56,57);2*1H. The molecule has 0 spiro atoms. The monoisotopic (exact) mass is 1020 g/mol. The van der Waals surface area contributed by atoms with Gasteiger partial charge in [-0.15, -0.1) is 0 Å². The number of allylic oxidation sites excluding steroid dienone is 2. The summed E-state index contributed by atoms with van der Waals surface area (Å²) >= 11 is 26.4. The number of nitrogens with one attached hydrogen (secondary N) is 1. The molecule has 2 amide bonds. The van der Waals surface area contributed by atoms with E-state index in [4.69, 9.17) is 52.1 Å². The van der Waals surface area contributed by atoms with Gasteiger partial charge in [-0.3, -0.25) is 9.59 Å². The lowest BCUT2D eigenvalue weighted by molar-refractivity contribution is -0.923. The number of carbonyl (C=O) groups excluding carboxylic acids is 2. The Kier molecular flexibility index (Phi) is 23.8. The first kappa shape index (κ1) is 53.1. The van der Waals surface area contributed by atoms with Gasteiger partial charge in [-0.2, -0.15) is 0 Å². The number of anilines is 2. The number of carbonyl (C=O) groups is 2. The molecular weight excluding hydrogens is 960 g/mol. The maximum atomic E-state index is 12.5. The van der Waals surface area contributed by atoms with E-state index in [1.54, 1.807) is 0 Å². The number of halogens is 6. The van der Waals surface area contributed by atoms with Crippen molar-refractivity contribution in [2.45, 2.75) is 118 Å². The van der Waals surface area contributed by atoms with Crippen molar-refractivity contribution in [3.05, 3.63) is 68.2 Å². The molecule has 0 saturated carbocycles. The van der Waals surface area contributed by atoms with Crippen LogP contribution < -0.4 is 59.4 Å². The zero-order valence-electron chi connectivity index (χ0n) is 35.6. The number of nitrogens with zero attached hydrogens (tertiary/aromatic N) is 5. The Bertz CT molecular complexity index is 1880. The summed E-state index contributed by atoms with van der Waals surface area (Å²) < 4.78 is 5.78. The highest BCUT2D eigenvalue weighted by Gasteiger charge is 2.31. The smallest absolute Gasteiger partial charge is 0.282 e. The molecule has 0 aliphatic carbocycles. The molecule has 1 aliphatic heterocycles. The molecular formula is C44H65Br2Cl4N7O2. The van der Waals surface area contributed by atoms with Gasteiger partial charge in [0.2, 0.25) is 11.8 Å². The molecule has 3 N–H and O–H groups in total. The van der Waals surface area contributed by atoms with Gasteiger partial charge in [-0.05, 0) is 104 Å². The quantitative estimate of drug-likeness (QED) is 0.0743. The van der Waals surface area contributed by atoms with Gasteiger partial charge in [0.05, 0.1) is 70.7 Å². The van der Waals surface area contributed by atoms with E-state index in [2.05, 4.69) is 77.1 Å². The van der Waals surface area contributed by atoms with E-state index in [-0.39, 0.29) is 45.8 Å².